The third-order valence-corrected chi connectivity index (χ3v) is 3.39. The van der Waals surface area contributed by atoms with Gasteiger partial charge in [0.15, 0.2) is 0 Å². The molecule has 104 valence electrons. The van der Waals surface area contributed by atoms with E-state index in [2.05, 4.69) is 9.97 Å². The maximum atomic E-state index is 11.0. The van der Waals surface area contributed by atoms with Crippen molar-refractivity contribution >= 4 is 28.5 Å². The number of pyridine rings is 2. The third kappa shape index (κ3) is 3.01. The number of nitrogens with zero attached hydrogens (tertiary/aromatic N) is 2. The molecule has 0 amide bonds. The lowest BCUT2D eigenvalue weighted by atomic mass is 10.1. The van der Waals surface area contributed by atoms with Crippen molar-refractivity contribution in [3.8, 4) is 0 Å². The van der Waals surface area contributed by atoms with Gasteiger partial charge in [-0.2, -0.15) is 0 Å². The van der Waals surface area contributed by atoms with Crippen molar-refractivity contribution in [1.82, 2.24) is 9.97 Å². The molecule has 0 spiro atoms. The molecule has 0 bridgehead atoms. The molecule has 0 aliphatic rings. The second kappa shape index (κ2) is 5.50. The first-order valence-electron chi connectivity index (χ1n) is 6.34. The molecule has 1 aromatic carbocycles. The van der Waals surface area contributed by atoms with E-state index >= 15 is 0 Å². The zero-order chi connectivity index (χ0) is 14.8. The lowest BCUT2D eigenvalue weighted by Gasteiger charge is -2.04. The van der Waals surface area contributed by atoms with Gasteiger partial charge < -0.3 is 5.11 Å². The van der Waals surface area contributed by atoms with Gasteiger partial charge in [-0.3, -0.25) is 9.97 Å². The number of rotatable bonds is 3. The fraction of sp³-hybridized carbons (Fsp3) is 0.0625. The molecule has 0 aliphatic carbocycles. The molecule has 0 unspecified atom stereocenters. The molecular weight excluding hydrogens is 288 g/mol. The highest BCUT2D eigenvalue weighted by Gasteiger charge is 2.06. The van der Waals surface area contributed by atoms with Crippen LogP contribution in [0.25, 0.3) is 10.9 Å². The minimum Gasteiger partial charge on any atom is -0.478 e. The van der Waals surface area contributed by atoms with Crippen LogP contribution in [0.2, 0.25) is 5.02 Å². The van der Waals surface area contributed by atoms with E-state index in [4.69, 9.17) is 16.7 Å². The molecular formula is C16H11ClN2O2. The maximum absolute atomic E-state index is 11.0. The summed E-state index contributed by atoms with van der Waals surface area (Å²) in [4.78, 5) is 19.5. The second-order valence-electron chi connectivity index (χ2n) is 4.70. The molecule has 3 rings (SSSR count). The molecule has 4 nitrogen and oxygen atoms in total. The Morgan fingerprint density at radius 3 is 2.81 bits per heavy atom. The van der Waals surface area contributed by atoms with Crippen molar-refractivity contribution < 1.29 is 9.90 Å². The van der Waals surface area contributed by atoms with E-state index in [0.717, 1.165) is 16.5 Å². The number of halogens is 1. The lowest BCUT2D eigenvalue weighted by Crippen LogP contribution is -2.00. The number of carboxylic acids is 1. The van der Waals surface area contributed by atoms with Crippen molar-refractivity contribution in [2.24, 2.45) is 0 Å². The van der Waals surface area contributed by atoms with E-state index in [-0.39, 0.29) is 5.56 Å². The zero-order valence-corrected chi connectivity index (χ0v) is 11.7. The summed E-state index contributed by atoms with van der Waals surface area (Å²) >= 11 is 5.93. The summed E-state index contributed by atoms with van der Waals surface area (Å²) in [6, 6.07) is 10.6. The highest BCUT2D eigenvalue weighted by molar-refractivity contribution is 6.31. The van der Waals surface area contributed by atoms with Gasteiger partial charge in [0.1, 0.15) is 0 Å². The molecule has 0 fully saturated rings. The van der Waals surface area contributed by atoms with Crippen LogP contribution in [0.1, 0.15) is 21.6 Å². The Balaban J connectivity index is 1.92. The Labute approximate surface area is 126 Å². The number of aromatic carboxylic acids is 1. The summed E-state index contributed by atoms with van der Waals surface area (Å²) in [5.41, 5.74) is 2.74. The van der Waals surface area contributed by atoms with Crippen LogP contribution in [0, 0.1) is 0 Å². The van der Waals surface area contributed by atoms with Gasteiger partial charge in [0.2, 0.25) is 0 Å². The van der Waals surface area contributed by atoms with Crippen LogP contribution < -0.4 is 0 Å². The number of hydrogen-bond acceptors (Lipinski definition) is 3. The molecule has 21 heavy (non-hydrogen) atoms. The molecule has 0 aliphatic heterocycles. The number of benzene rings is 1. The van der Waals surface area contributed by atoms with E-state index in [1.165, 1.54) is 12.3 Å². The minimum absolute atomic E-state index is 0.237. The minimum atomic E-state index is -0.954. The number of fused-ring (bicyclic) bond motifs is 1. The van der Waals surface area contributed by atoms with Gasteiger partial charge in [0, 0.05) is 34.9 Å². The molecule has 0 radical (unpaired) electrons. The highest BCUT2D eigenvalue weighted by atomic mass is 35.5. The van der Waals surface area contributed by atoms with Crippen LogP contribution in [0.5, 0.6) is 0 Å². The summed E-state index contributed by atoms with van der Waals surface area (Å²) in [5.74, 6) is -0.954. The van der Waals surface area contributed by atoms with Crippen LogP contribution >= 0.6 is 11.6 Å². The summed E-state index contributed by atoms with van der Waals surface area (Å²) in [5, 5.41) is 10.6. The quantitative estimate of drug-likeness (QED) is 0.803. The van der Waals surface area contributed by atoms with Gasteiger partial charge in [-0.15, -0.1) is 0 Å². The molecule has 0 atom stereocenters. The Bertz CT molecular complexity index is 833. The van der Waals surface area contributed by atoms with E-state index in [9.17, 15) is 4.79 Å². The van der Waals surface area contributed by atoms with Crippen molar-refractivity contribution in [1.29, 1.82) is 0 Å². The standard InChI is InChI=1S/C16H11ClN2O2/c17-13-2-1-11-5-10(9-19-15(11)8-13)6-14-7-12(16(20)21)3-4-18-14/h1-5,7-9H,6H2,(H,20,21). The van der Waals surface area contributed by atoms with E-state index in [1.807, 2.05) is 24.3 Å². The number of carbonyl (C=O) groups is 1. The number of carboxylic acid groups (broad SMARTS) is 1. The van der Waals surface area contributed by atoms with Crippen LogP contribution in [0.15, 0.2) is 48.8 Å². The first-order chi connectivity index (χ1) is 10.1. The Hall–Kier alpha value is -2.46. The van der Waals surface area contributed by atoms with Gasteiger partial charge in [0.25, 0.3) is 0 Å². The maximum Gasteiger partial charge on any atom is 0.335 e. The molecule has 0 saturated carbocycles. The van der Waals surface area contributed by atoms with Gasteiger partial charge >= 0.3 is 5.97 Å². The average Bonchev–Trinajstić information content (AvgIpc) is 2.48. The van der Waals surface area contributed by atoms with Gasteiger partial charge in [-0.1, -0.05) is 17.7 Å². The van der Waals surface area contributed by atoms with Crippen molar-refractivity contribution in [3.05, 3.63) is 70.6 Å². The number of hydrogen-bond donors (Lipinski definition) is 1. The third-order valence-electron chi connectivity index (χ3n) is 3.15. The monoisotopic (exact) mass is 298 g/mol. The van der Waals surface area contributed by atoms with Crippen LogP contribution in [-0.2, 0) is 6.42 Å². The molecule has 1 N–H and O–H groups in total. The van der Waals surface area contributed by atoms with Gasteiger partial charge in [-0.05, 0) is 35.9 Å². The fourth-order valence-corrected chi connectivity index (χ4v) is 2.32. The SMILES string of the molecule is O=C(O)c1ccnc(Cc2cnc3cc(Cl)ccc3c2)c1. The van der Waals surface area contributed by atoms with E-state index < -0.39 is 5.97 Å². The zero-order valence-electron chi connectivity index (χ0n) is 11.0. The lowest BCUT2D eigenvalue weighted by molar-refractivity contribution is 0.0696. The first-order valence-corrected chi connectivity index (χ1v) is 6.72. The molecule has 3 aromatic rings. The summed E-state index contributed by atoms with van der Waals surface area (Å²) < 4.78 is 0. The predicted molar refractivity (Wildman–Crippen MR) is 80.8 cm³/mol. The van der Waals surface area contributed by atoms with Gasteiger partial charge in [-0.25, -0.2) is 4.79 Å². The first kappa shape index (κ1) is 13.5. The molecule has 0 saturated heterocycles. The Morgan fingerprint density at radius 1 is 1.14 bits per heavy atom. The molecule has 2 aromatic heterocycles. The van der Waals surface area contributed by atoms with E-state index in [1.54, 1.807) is 12.3 Å². The van der Waals surface area contributed by atoms with E-state index in [0.29, 0.717) is 17.1 Å². The number of aromatic nitrogens is 2. The molecule has 2 heterocycles. The highest BCUT2D eigenvalue weighted by Crippen LogP contribution is 2.19. The van der Waals surface area contributed by atoms with Crippen LogP contribution in [-0.4, -0.2) is 21.0 Å². The van der Waals surface area contributed by atoms with Gasteiger partial charge in [0.05, 0.1) is 11.1 Å². The van der Waals surface area contributed by atoms with Crippen LogP contribution in [0.4, 0.5) is 0 Å². The largest absolute Gasteiger partial charge is 0.478 e. The van der Waals surface area contributed by atoms with Crippen molar-refractivity contribution in [2.75, 3.05) is 0 Å². The van der Waals surface area contributed by atoms with Crippen LogP contribution in [0.3, 0.4) is 0 Å². The topological polar surface area (TPSA) is 63.1 Å². The predicted octanol–water partition coefficient (Wildman–Crippen LogP) is 3.57. The molecule has 5 heteroatoms. The summed E-state index contributed by atoms with van der Waals surface area (Å²) in [6.45, 7) is 0. The average molecular weight is 299 g/mol. The Kier molecular flexibility index (Phi) is 3.54. The summed E-state index contributed by atoms with van der Waals surface area (Å²) in [7, 11) is 0. The van der Waals surface area contributed by atoms with Crippen molar-refractivity contribution in [2.45, 2.75) is 6.42 Å². The Morgan fingerprint density at radius 2 is 2.00 bits per heavy atom. The van der Waals surface area contributed by atoms with Crippen molar-refractivity contribution in [3.63, 3.8) is 0 Å². The smallest absolute Gasteiger partial charge is 0.335 e. The summed E-state index contributed by atoms with van der Waals surface area (Å²) in [6.07, 6.45) is 3.80. The second-order valence-corrected chi connectivity index (χ2v) is 5.13. The fourth-order valence-electron chi connectivity index (χ4n) is 2.15. The normalized spacial score (nSPS) is 10.7.